The SMILES string of the molecule is CCCCOc1cc(CN(C(C)C)n2ccc(=O)c(C(=O)OCC)c2)c(Br)c2c1OCC2. The highest BCUT2D eigenvalue weighted by molar-refractivity contribution is 9.10. The maximum absolute atomic E-state index is 12.2. The van der Waals surface area contributed by atoms with Gasteiger partial charge < -0.3 is 19.2 Å². The van der Waals surface area contributed by atoms with E-state index in [0.29, 0.717) is 19.8 Å². The van der Waals surface area contributed by atoms with Gasteiger partial charge in [-0.25, -0.2) is 4.79 Å². The second kappa shape index (κ2) is 10.9. The van der Waals surface area contributed by atoms with Gasteiger partial charge in [-0.05, 0) is 38.8 Å². The number of aromatic nitrogens is 1. The maximum atomic E-state index is 12.2. The number of rotatable bonds is 10. The van der Waals surface area contributed by atoms with Crippen molar-refractivity contribution in [2.45, 2.75) is 59.5 Å². The predicted molar refractivity (Wildman–Crippen MR) is 127 cm³/mol. The largest absolute Gasteiger partial charge is 0.490 e. The molecular formula is C24H31BrN2O5. The summed E-state index contributed by atoms with van der Waals surface area (Å²) >= 11 is 3.77. The maximum Gasteiger partial charge on any atom is 0.343 e. The van der Waals surface area contributed by atoms with Gasteiger partial charge in [-0.1, -0.05) is 29.3 Å². The quantitative estimate of drug-likeness (QED) is 0.350. The van der Waals surface area contributed by atoms with Crippen LogP contribution in [0.5, 0.6) is 11.5 Å². The first-order chi connectivity index (χ1) is 15.4. The minimum Gasteiger partial charge on any atom is -0.490 e. The van der Waals surface area contributed by atoms with E-state index < -0.39 is 5.97 Å². The van der Waals surface area contributed by atoms with Crippen molar-refractivity contribution in [2.75, 3.05) is 24.8 Å². The van der Waals surface area contributed by atoms with Crippen LogP contribution < -0.4 is 19.9 Å². The Balaban J connectivity index is 1.96. The molecule has 0 saturated heterocycles. The zero-order valence-electron chi connectivity index (χ0n) is 19.2. The predicted octanol–water partition coefficient (Wildman–Crippen LogP) is 4.45. The third kappa shape index (κ3) is 5.28. The number of hydrogen-bond acceptors (Lipinski definition) is 6. The van der Waals surface area contributed by atoms with E-state index >= 15 is 0 Å². The molecule has 8 heteroatoms. The summed E-state index contributed by atoms with van der Waals surface area (Å²) in [5, 5.41) is 2.07. The molecule has 1 aromatic carbocycles. The Morgan fingerprint density at radius 3 is 2.81 bits per heavy atom. The van der Waals surface area contributed by atoms with Crippen LogP contribution in [0.4, 0.5) is 0 Å². The number of nitrogens with zero attached hydrogens (tertiary/aromatic N) is 2. The molecule has 0 aliphatic carbocycles. The summed E-state index contributed by atoms with van der Waals surface area (Å²) in [4.78, 5) is 24.4. The molecule has 3 rings (SSSR count). The van der Waals surface area contributed by atoms with Gasteiger partial charge in [-0.3, -0.25) is 9.47 Å². The number of esters is 1. The summed E-state index contributed by atoms with van der Waals surface area (Å²) < 4.78 is 19.7. The van der Waals surface area contributed by atoms with Crippen molar-refractivity contribution >= 4 is 21.9 Å². The fraction of sp³-hybridized carbons (Fsp3) is 0.500. The third-order valence-corrected chi connectivity index (χ3v) is 6.32. The number of hydrogen-bond donors (Lipinski definition) is 0. The molecule has 2 aromatic rings. The number of carbonyl (C=O) groups is 1. The van der Waals surface area contributed by atoms with Crippen molar-refractivity contribution < 1.29 is 19.0 Å². The normalized spacial score (nSPS) is 12.4. The minimum absolute atomic E-state index is 0.0185. The lowest BCUT2D eigenvalue weighted by Crippen LogP contribution is -2.41. The fourth-order valence-electron chi connectivity index (χ4n) is 3.61. The first-order valence-electron chi connectivity index (χ1n) is 11.1. The van der Waals surface area contributed by atoms with Crippen LogP contribution in [0.1, 0.15) is 62.0 Å². The number of halogens is 1. The molecule has 0 atom stereocenters. The number of unbranched alkanes of at least 4 members (excludes halogenated alkanes) is 1. The zero-order chi connectivity index (χ0) is 23.3. The highest BCUT2D eigenvalue weighted by Gasteiger charge is 2.25. The molecule has 1 aromatic heterocycles. The molecule has 2 heterocycles. The summed E-state index contributed by atoms with van der Waals surface area (Å²) in [6.45, 7) is 10.0. The average molecular weight is 507 g/mol. The number of pyridine rings is 1. The molecule has 1 aliphatic heterocycles. The molecule has 174 valence electrons. The second-order valence-electron chi connectivity index (χ2n) is 7.97. The van der Waals surface area contributed by atoms with Crippen LogP contribution in [0.2, 0.25) is 0 Å². The van der Waals surface area contributed by atoms with E-state index in [0.717, 1.165) is 46.4 Å². The van der Waals surface area contributed by atoms with Crippen LogP contribution in [0.3, 0.4) is 0 Å². The van der Waals surface area contributed by atoms with Gasteiger partial charge in [0.15, 0.2) is 16.9 Å². The Morgan fingerprint density at radius 2 is 2.12 bits per heavy atom. The Labute approximate surface area is 197 Å². The lowest BCUT2D eigenvalue weighted by Gasteiger charge is -2.32. The number of benzene rings is 1. The van der Waals surface area contributed by atoms with E-state index in [4.69, 9.17) is 14.2 Å². The molecule has 0 fully saturated rings. The van der Waals surface area contributed by atoms with E-state index in [2.05, 4.69) is 41.7 Å². The Bertz CT molecular complexity index is 1020. The first kappa shape index (κ1) is 24.2. The molecular weight excluding hydrogens is 476 g/mol. The van der Waals surface area contributed by atoms with E-state index in [1.165, 1.54) is 6.07 Å². The molecule has 1 aliphatic rings. The van der Waals surface area contributed by atoms with Crippen molar-refractivity contribution in [3.05, 3.63) is 55.9 Å². The molecule has 0 unspecified atom stereocenters. The lowest BCUT2D eigenvalue weighted by molar-refractivity contribution is 0.0523. The molecule has 0 radical (unpaired) electrons. The van der Waals surface area contributed by atoms with Crippen LogP contribution in [0.15, 0.2) is 33.8 Å². The van der Waals surface area contributed by atoms with Gasteiger partial charge in [0.25, 0.3) is 0 Å². The van der Waals surface area contributed by atoms with Crippen LogP contribution in [0.25, 0.3) is 0 Å². The summed E-state index contributed by atoms with van der Waals surface area (Å²) in [5.41, 5.74) is 1.83. The van der Waals surface area contributed by atoms with Crippen molar-refractivity contribution in [1.29, 1.82) is 0 Å². The monoisotopic (exact) mass is 506 g/mol. The van der Waals surface area contributed by atoms with Crippen LogP contribution in [0, 0.1) is 0 Å². The van der Waals surface area contributed by atoms with Gasteiger partial charge in [0, 0.05) is 41.0 Å². The molecule has 0 saturated carbocycles. The third-order valence-electron chi connectivity index (χ3n) is 5.33. The highest BCUT2D eigenvalue weighted by Crippen LogP contribution is 2.43. The average Bonchev–Trinajstić information content (AvgIpc) is 3.26. The Morgan fingerprint density at radius 1 is 1.34 bits per heavy atom. The van der Waals surface area contributed by atoms with Crippen molar-refractivity contribution in [3.8, 4) is 11.5 Å². The van der Waals surface area contributed by atoms with Gasteiger partial charge in [-0.15, -0.1) is 0 Å². The lowest BCUT2D eigenvalue weighted by atomic mass is 10.1. The summed E-state index contributed by atoms with van der Waals surface area (Å²) in [6.07, 6.45) is 6.08. The van der Waals surface area contributed by atoms with Gasteiger partial charge in [-0.2, -0.15) is 0 Å². The summed E-state index contributed by atoms with van der Waals surface area (Å²) in [5.74, 6) is 0.971. The Hall–Kier alpha value is -2.48. The number of carbonyl (C=O) groups excluding carboxylic acids is 1. The van der Waals surface area contributed by atoms with Crippen molar-refractivity contribution in [1.82, 2.24) is 4.68 Å². The van der Waals surface area contributed by atoms with E-state index in [1.54, 1.807) is 24.0 Å². The summed E-state index contributed by atoms with van der Waals surface area (Å²) in [6, 6.07) is 3.51. The highest BCUT2D eigenvalue weighted by atomic mass is 79.9. The molecule has 0 amide bonds. The molecule has 0 N–H and O–H groups in total. The fourth-order valence-corrected chi connectivity index (χ4v) is 4.23. The van der Waals surface area contributed by atoms with Crippen molar-refractivity contribution in [3.63, 3.8) is 0 Å². The van der Waals surface area contributed by atoms with Crippen LogP contribution in [-0.2, 0) is 17.7 Å². The molecule has 7 nitrogen and oxygen atoms in total. The van der Waals surface area contributed by atoms with Gasteiger partial charge in [0.1, 0.15) is 5.56 Å². The second-order valence-corrected chi connectivity index (χ2v) is 8.76. The molecule has 0 bridgehead atoms. The standard InChI is InChI=1S/C24H31BrN2O5/c1-5-7-11-31-21-13-17(22(25)18-9-12-32-23(18)21)14-27(16(3)4)26-10-8-20(28)19(15-26)24(29)30-6-2/h8,10,13,15-16H,5-7,9,11-12,14H2,1-4H3. The first-order valence-corrected chi connectivity index (χ1v) is 11.9. The minimum atomic E-state index is -0.613. The van der Waals surface area contributed by atoms with Crippen LogP contribution >= 0.6 is 15.9 Å². The van der Waals surface area contributed by atoms with Gasteiger partial charge in [0.05, 0.1) is 26.4 Å². The Kier molecular flexibility index (Phi) is 8.23. The van der Waals surface area contributed by atoms with E-state index in [1.807, 2.05) is 6.07 Å². The van der Waals surface area contributed by atoms with Crippen LogP contribution in [-0.4, -0.2) is 36.5 Å². The zero-order valence-corrected chi connectivity index (χ0v) is 20.7. The van der Waals surface area contributed by atoms with Crippen molar-refractivity contribution in [2.24, 2.45) is 0 Å². The number of fused-ring (bicyclic) bond motifs is 1. The number of ether oxygens (including phenoxy) is 3. The van der Waals surface area contributed by atoms with E-state index in [9.17, 15) is 9.59 Å². The smallest absolute Gasteiger partial charge is 0.343 e. The molecule has 0 spiro atoms. The summed E-state index contributed by atoms with van der Waals surface area (Å²) in [7, 11) is 0. The van der Waals surface area contributed by atoms with E-state index in [-0.39, 0.29) is 23.6 Å². The molecule has 32 heavy (non-hydrogen) atoms. The van der Waals surface area contributed by atoms with Gasteiger partial charge >= 0.3 is 5.97 Å². The van der Waals surface area contributed by atoms with Gasteiger partial charge in [0.2, 0.25) is 0 Å². The topological polar surface area (TPSA) is 70.0 Å².